The standard InChI is InChI=1S/C16H24N2O4S/c1-3-12-22-15-8-6-14(7-9-15)18(23(2,20)21)13-16(19)17-10-4-5-11-17/h6-9H,3-5,10-13H2,1-2H3. The fourth-order valence-corrected chi connectivity index (χ4v) is 3.37. The maximum Gasteiger partial charge on any atom is 0.243 e. The van der Waals surface area contributed by atoms with E-state index in [0.717, 1.165) is 29.8 Å². The van der Waals surface area contributed by atoms with Crippen LogP contribution < -0.4 is 9.04 Å². The van der Waals surface area contributed by atoms with Gasteiger partial charge in [0.25, 0.3) is 0 Å². The number of rotatable bonds is 7. The topological polar surface area (TPSA) is 66.9 Å². The number of carbonyl (C=O) groups excluding carboxylic acids is 1. The molecule has 1 aliphatic heterocycles. The molecule has 1 amide bonds. The molecule has 0 spiro atoms. The Morgan fingerprint density at radius 2 is 1.83 bits per heavy atom. The number of hydrogen-bond donors (Lipinski definition) is 0. The van der Waals surface area contributed by atoms with Gasteiger partial charge in [0.2, 0.25) is 15.9 Å². The van der Waals surface area contributed by atoms with E-state index in [9.17, 15) is 13.2 Å². The number of nitrogens with zero attached hydrogens (tertiary/aromatic N) is 2. The fourth-order valence-electron chi connectivity index (χ4n) is 2.52. The van der Waals surface area contributed by atoms with E-state index in [1.54, 1.807) is 29.2 Å². The first-order valence-corrected chi connectivity index (χ1v) is 9.75. The number of likely N-dealkylation sites (tertiary alicyclic amines) is 1. The monoisotopic (exact) mass is 340 g/mol. The highest BCUT2D eigenvalue weighted by molar-refractivity contribution is 7.92. The molecule has 0 aromatic heterocycles. The summed E-state index contributed by atoms with van der Waals surface area (Å²) in [4.78, 5) is 14.0. The van der Waals surface area contributed by atoms with Crippen LogP contribution in [0.15, 0.2) is 24.3 Å². The number of ether oxygens (including phenoxy) is 1. The Morgan fingerprint density at radius 1 is 1.22 bits per heavy atom. The van der Waals surface area contributed by atoms with Gasteiger partial charge in [0.15, 0.2) is 0 Å². The molecule has 1 fully saturated rings. The molecule has 0 aliphatic carbocycles. The highest BCUT2D eigenvalue weighted by atomic mass is 32.2. The zero-order valence-corrected chi connectivity index (χ0v) is 14.5. The van der Waals surface area contributed by atoms with Crippen molar-refractivity contribution in [1.82, 2.24) is 4.90 Å². The Kier molecular flexibility index (Phi) is 5.87. The molecular weight excluding hydrogens is 316 g/mol. The van der Waals surface area contributed by atoms with Gasteiger partial charge in [0, 0.05) is 13.1 Å². The summed E-state index contributed by atoms with van der Waals surface area (Å²) in [6.45, 7) is 3.89. The maximum absolute atomic E-state index is 12.3. The number of anilines is 1. The third-order valence-corrected chi connectivity index (χ3v) is 4.88. The molecule has 0 N–H and O–H groups in total. The van der Waals surface area contributed by atoms with Gasteiger partial charge in [-0.1, -0.05) is 6.92 Å². The van der Waals surface area contributed by atoms with Crippen LogP contribution in [0.25, 0.3) is 0 Å². The lowest BCUT2D eigenvalue weighted by Crippen LogP contribution is -2.41. The Hall–Kier alpha value is -1.76. The van der Waals surface area contributed by atoms with Crippen LogP contribution in [-0.4, -0.2) is 51.7 Å². The molecule has 1 aliphatic rings. The quantitative estimate of drug-likeness (QED) is 0.760. The second-order valence-electron chi connectivity index (χ2n) is 5.70. The minimum Gasteiger partial charge on any atom is -0.494 e. The largest absolute Gasteiger partial charge is 0.494 e. The molecule has 2 rings (SSSR count). The first kappa shape index (κ1) is 17.6. The molecule has 0 saturated carbocycles. The predicted molar refractivity (Wildman–Crippen MR) is 90.2 cm³/mol. The van der Waals surface area contributed by atoms with E-state index in [-0.39, 0.29) is 12.5 Å². The van der Waals surface area contributed by atoms with E-state index >= 15 is 0 Å². The van der Waals surface area contributed by atoms with Gasteiger partial charge in [-0.25, -0.2) is 8.42 Å². The van der Waals surface area contributed by atoms with E-state index in [1.165, 1.54) is 0 Å². The molecule has 0 unspecified atom stereocenters. The van der Waals surface area contributed by atoms with E-state index in [2.05, 4.69) is 0 Å². The van der Waals surface area contributed by atoms with Gasteiger partial charge >= 0.3 is 0 Å². The average molecular weight is 340 g/mol. The van der Waals surface area contributed by atoms with Crippen LogP contribution in [0, 0.1) is 0 Å². The summed E-state index contributed by atoms with van der Waals surface area (Å²) in [6, 6.07) is 6.79. The SMILES string of the molecule is CCCOc1ccc(N(CC(=O)N2CCCC2)S(C)(=O)=O)cc1. The molecule has 0 atom stereocenters. The fraction of sp³-hybridized carbons (Fsp3) is 0.562. The van der Waals surface area contributed by atoms with E-state index < -0.39 is 10.0 Å². The van der Waals surface area contributed by atoms with Crippen molar-refractivity contribution in [1.29, 1.82) is 0 Å². The summed E-state index contributed by atoms with van der Waals surface area (Å²) in [5.74, 6) is 0.536. The van der Waals surface area contributed by atoms with Gasteiger partial charge in [0.1, 0.15) is 12.3 Å². The van der Waals surface area contributed by atoms with Crippen molar-refractivity contribution in [3.05, 3.63) is 24.3 Å². The average Bonchev–Trinajstić information content (AvgIpc) is 3.04. The second-order valence-corrected chi connectivity index (χ2v) is 7.61. The number of amides is 1. The number of sulfonamides is 1. The lowest BCUT2D eigenvalue weighted by Gasteiger charge is -2.25. The van der Waals surface area contributed by atoms with Crippen molar-refractivity contribution in [2.75, 3.05) is 36.8 Å². The maximum atomic E-state index is 12.3. The van der Waals surface area contributed by atoms with E-state index in [1.807, 2.05) is 6.92 Å². The molecule has 128 valence electrons. The summed E-state index contributed by atoms with van der Waals surface area (Å²) < 4.78 is 30.8. The zero-order valence-electron chi connectivity index (χ0n) is 13.7. The minimum atomic E-state index is -3.53. The van der Waals surface area contributed by atoms with Crippen molar-refractivity contribution in [3.8, 4) is 5.75 Å². The molecule has 7 heteroatoms. The van der Waals surface area contributed by atoms with Crippen LogP contribution >= 0.6 is 0 Å². The molecule has 23 heavy (non-hydrogen) atoms. The lowest BCUT2D eigenvalue weighted by molar-refractivity contribution is -0.128. The van der Waals surface area contributed by atoms with Crippen molar-refractivity contribution in [3.63, 3.8) is 0 Å². The molecule has 6 nitrogen and oxygen atoms in total. The first-order valence-electron chi connectivity index (χ1n) is 7.90. The third kappa shape index (κ3) is 4.86. The molecule has 1 saturated heterocycles. The Morgan fingerprint density at radius 3 is 2.35 bits per heavy atom. The number of hydrogen-bond acceptors (Lipinski definition) is 4. The summed E-state index contributed by atoms with van der Waals surface area (Å²) in [7, 11) is -3.53. The Bertz CT molecular complexity index is 622. The van der Waals surface area contributed by atoms with Crippen LogP contribution in [0.5, 0.6) is 5.75 Å². The van der Waals surface area contributed by atoms with Crippen molar-refractivity contribution in [2.45, 2.75) is 26.2 Å². The van der Waals surface area contributed by atoms with Gasteiger partial charge in [-0.15, -0.1) is 0 Å². The Balaban J connectivity index is 2.13. The molecule has 1 heterocycles. The van der Waals surface area contributed by atoms with Crippen LogP contribution in [0.1, 0.15) is 26.2 Å². The normalized spacial score (nSPS) is 14.8. The van der Waals surface area contributed by atoms with Crippen molar-refractivity contribution >= 4 is 21.6 Å². The summed E-state index contributed by atoms with van der Waals surface area (Å²) in [5.41, 5.74) is 0.476. The molecule has 1 aromatic carbocycles. The van der Waals surface area contributed by atoms with Gasteiger partial charge in [-0.2, -0.15) is 0 Å². The van der Waals surface area contributed by atoms with Gasteiger partial charge in [0.05, 0.1) is 18.6 Å². The zero-order chi connectivity index (χ0) is 16.9. The summed E-state index contributed by atoms with van der Waals surface area (Å²) in [5, 5.41) is 0. The van der Waals surface area contributed by atoms with Crippen LogP contribution in [0.4, 0.5) is 5.69 Å². The third-order valence-electron chi connectivity index (χ3n) is 3.74. The summed E-state index contributed by atoms with van der Waals surface area (Å²) in [6.07, 6.45) is 3.98. The highest BCUT2D eigenvalue weighted by Gasteiger charge is 2.25. The predicted octanol–water partition coefficient (Wildman–Crippen LogP) is 1.86. The van der Waals surface area contributed by atoms with E-state index in [0.29, 0.717) is 31.1 Å². The van der Waals surface area contributed by atoms with Crippen LogP contribution in [0.2, 0.25) is 0 Å². The molecule has 0 bridgehead atoms. The highest BCUT2D eigenvalue weighted by Crippen LogP contribution is 2.22. The Labute approximate surface area is 138 Å². The smallest absolute Gasteiger partial charge is 0.243 e. The molecule has 0 radical (unpaired) electrons. The van der Waals surface area contributed by atoms with Crippen molar-refractivity contribution < 1.29 is 17.9 Å². The second kappa shape index (κ2) is 7.68. The lowest BCUT2D eigenvalue weighted by atomic mass is 10.3. The van der Waals surface area contributed by atoms with Gasteiger partial charge < -0.3 is 9.64 Å². The molecule has 1 aromatic rings. The first-order chi connectivity index (χ1) is 10.9. The van der Waals surface area contributed by atoms with Gasteiger partial charge in [-0.05, 0) is 43.5 Å². The van der Waals surface area contributed by atoms with E-state index in [4.69, 9.17) is 4.74 Å². The molecular formula is C16H24N2O4S. The van der Waals surface area contributed by atoms with Crippen LogP contribution in [0.3, 0.4) is 0 Å². The van der Waals surface area contributed by atoms with Crippen LogP contribution in [-0.2, 0) is 14.8 Å². The van der Waals surface area contributed by atoms with Gasteiger partial charge in [-0.3, -0.25) is 9.10 Å². The summed E-state index contributed by atoms with van der Waals surface area (Å²) >= 11 is 0. The number of benzene rings is 1. The number of carbonyl (C=O) groups is 1. The minimum absolute atomic E-state index is 0.153. The van der Waals surface area contributed by atoms with Crippen molar-refractivity contribution in [2.24, 2.45) is 0 Å².